The smallest absolute Gasteiger partial charge is 0.305 e. The van der Waals surface area contributed by atoms with Crippen LogP contribution in [0.1, 0.15) is 52.9 Å². The van der Waals surface area contributed by atoms with Crippen molar-refractivity contribution < 1.29 is 58.9 Å². The maximum absolute atomic E-state index is 13.9. The van der Waals surface area contributed by atoms with Gasteiger partial charge in [-0.1, -0.05) is 0 Å². The lowest BCUT2D eigenvalue weighted by atomic mass is 9.48. The van der Waals surface area contributed by atoms with E-state index in [-0.39, 0.29) is 30.4 Å². The van der Waals surface area contributed by atoms with Gasteiger partial charge in [0.25, 0.3) is 0 Å². The van der Waals surface area contributed by atoms with E-state index >= 15 is 0 Å². The molecule has 0 aromatic heterocycles. The first kappa shape index (κ1) is 28.4. The number of Topliss-reactive ketones (excluding diaryl/α,β-unsaturated/α-hetero) is 2. The molecule has 4 heterocycles. The van der Waals surface area contributed by atoms with Crippen LogP contribution in [0.3, 0.4) is 0 Å². The normalized spacial score (nSPS) is 52.2. The highest BCUT2D eigenvalue weighted by molar-refractivity contribution is 6.15. The zero-order chi connectivity index (χ0) is 28.8. The number of carbonyl (C=O) groups is 3. The Morgan fingerprint density at radius 2 is 1.70 bits per heavy atom. The van der Waals surface area contributed by atoms with Gasteiger partial charge in [-0.05, 0) is 27.2 Å². The van der Waals surface area contributed by atoms with Gasteiger partial charge in [0.1, 0.15) is 5.60 Å². The molecule has 2 bridgehead atoms. The summed E-state index contributed by atoms with van der Waals surface area (Å²) in [4.78, 5) is 39.0. The Morgan fingerprint density at radius 1 is 1.00 bits per heavy atom. The number of aliphatic hydroxyl groups is 4. The number of ether oxygens (including phenoxy) is 4. The molecule has 5 N–H and O–H groups in total. The van der Waals surface area contributed by atoms with Crippen LogP contribution in [0.4, 0.5) is 0 Å². The lowest BCUT2D eigenvalue weighted by Crippen LogP contribution is -2.79. The maximum atomic E-state index is 13.9. The highest BCUT2D eigenvalue weighted by atomic mass is 16.7. The molecule has 0 aromatic rings. The number of aliphatic carboxylic acids is 1. The van der Waals surface area contributed by atoms with Gasteiger partial charge in [-0.2, -0.15) is 0 Å². The van der Waals surface area contributed by atoms with Crippen LogP contribution in [0.25, 0.3) is 0 Å². The monoisotopic (exact) mass is 566 g/mol. The predicted octanol–water partition coefficient (Wildman–Crippen LogP) is -0.520. The van der Waals surface area contributed by atoms with Crippen molar-refractivity contribution in [2.24, 2.45) is 23.7 Å². The van der Waals surface area contributed by atoms with E-state index in [0.717, 1.165) is 0 Å². The molecule has 222 valence electrons. The van der Waals surface area contributed by atoms with Crippen LogP contribution in [0, 0.1) is 23.7 Å². The minimum atomic E-state index is -1.80. The lowest BCUT2D eigenvalue weighted by molar-refractivity contribution is -0.370. The van der Waals surface area contributed by atoms with E-state index in [1.807, 2.05) is 0 Å². The summed E-state index contributed by atoms with van der Waals surface area (Å²) in [5.74, 6) is -6.53. The SMILES string of the molecule is CC1OC2CC(O[C@H]3CC[C@H](O)[C@H](C)O3)C1(O)C1C(O)C3C(=O)C4=C(C[C@H](CC(=O)O)O[C@H]4C)C(=O)C3C(O)C21. The van der Waals surface area contributed by atoms with Gasteiger partial charge in [0.15, 0.2) is 17.9 Å². The molecule has 10 unspecified atom stereocenters. The quantitative estimate of drug-likeness (QED) is 0.274. The van der Waals surface area contributed by atoms with Gasteiger partial charge in [-0.3, -0.25) is 14.4 Å². The summed E-state index contributed by atoms with van der Waals surface area (Å²) in [5, 5.41) is 54.9. The van der Waals surface area contributed by atoms with Gasteiger partial charge in [-0.15, -0.1) is 0 Å². The van der Waals surface area contributed by atoms with Crippen molar-refractivity contribution in [2.75, 3.05) is 0 Å². The molecule has 7 rings (SSSR count). The van der Waals surface area contributed by atoms with Crippen molar-refractivity contribution in [3.8, 4) is 0 Å². The third-order valence-corrected chi connectivity index (χ3v) is 10.3. The number of carboxylic acids is 1. The van der Waals surface area contributed by atoms with E-state index in [1.54, 1.807) is 20.8 Å². The van der Waals surface area contributed by atoms with Crippen LogP contribution >= 0.6 is 0 Å². The molecule has 0 radical (unpaired) electrons. The lowest BCUT2D eigenvalue weighted by Gasteiger charge is -2.65. The van der Waals surface area contributed by atoms with E-state index in [4.69, 9.17) is 18.9 Å². The number of aliphatic hydroxyl groups excluding tert-OH is 3. The summed E-state index contributed by atoms with van der Waals surface area (Å²) >= 11 is 0. The summed E-state index contributed by atoms with van der Waals surface area (Å²) < 4.78 is 23.9. The van der Waals surface area contributed by atoms with Crippen molar-refractivity contribution in [1.82, 2.24) is 0 Å². The Hall–Kier alpha value is -1.77. The third kappa shape index (κ3) is 4.06. The van der Waals surface area contributed by atoms with E-state index in [1.165, 1.54) is 0 Å². The highest BCUT2D eigenvalue weighted by Crippen LogP contribution is 2.59. The van der Waals surface area contributed by atoms with Crippen LogP contribution in [-0.4, -0.2) is 110 Å². The number of carbonyl (C=O) groups excluding carboxylic acids is 2. The molecule has 0 amide bonds. The largest absolute Gasteiger partial charge is 0.481 e. The molecule has 0 spiro atoms. The zero-order valence-corrected chi connectivity index (χ0v) is 22.7. The molecular formula is C28H38O12. The molecule has 0 aromatic carbocycles. The Bertz CT molecular complexity index is 1120. The average Bonchev–Trinajstić information content (AvgIpc) is 2.87. The Balaban J connectivity index is 1.33. The van der Waals surface area contributed by atoms with E-state index in [2.05, 4.69) is 0 Å². The topological polar surface area (TPSA) is 189 Å². The number of rotatable bonds is 4. The van der Waals surface area contributed by atoms with Gasteiger partial charge >= 0.3 is 5.97 Å². The van der Waals surface area contributed by atoms with Gasteiger partial charge < -0.3 is 44.5 Å². The number of hydrogen-bond acceptors (Lipinski definition) is 11. The maximum Gasteiger partial charge on any atom is 0.305 e. The molecular weight excluding hydrogens is 528 g/mol. The summed E-state index contributed by atoms with van der Waals surface area (Å²) in [6, 6.07) is 0. The fourth-order valence-electron chi connectivity index (χ4n) is 8.47. The van der Waals surface area contributed by atoms with Gasteiger partial charge in [0.05, 0.1) is 73.2 Å². The average molecular weight is 567 g/mol. The van der Waals surface area contributed by atoms with Crippen molar-refractivity contribution in [1.29, 1.82) is 0 Å². The zero-order valence-electron chi connectivity index (χ0n) is 22.7. The second kappa shape index (κ2) is 9.91. The highest BCUT2D eigenvalue weighted by Gasteiger charge is 2.72. The minimum absolute atomic E-state index is 0.0675. The van der Waals surface area contributed by atoms with Crippen molar-refractivity contribution >= 4 is 17.5 Å². The Morgan fingerprint density at radius 3 is 2.38 bits per heavy atom. The first-order chi connectivity index (χ1) is 18.8. The van der Waals surface area contributed by atoms with E-state index in [0.29, 0.717) is 12.8 Å². The fourth-order valence-corrected chi connectivity index (χ4v) is 8.47. The summed E-state index contributed by atoms with van der Waals surface area (Å²) in [7, 11) is 0. The predicted molar refractivity (Wildman–Crippen MR) is 133 cm³/mol. The summed E-state index contributed by atoms with van der Waals surface area (Å²) in [6.07, 6.45) is -7.95. The van der Waals surface area contributed by atoms with Crippen molar-refractivity contribution in [2.45, 2.75) is 120 Å². The van der Waals surface area contributed by atoms with Gasteiger partial charge in [0.2, 0.25) is 0 Å². The molecule has 15 atom stereocenters. The molecule has 2 saturated carbocycles. The number of carboxylic acid groups (broad SMARTS) is 1. The van der Waals surface area contributed by atoms with Crippen LogP contribution in [0.2, 0.25) is 0 Å². The van der Waals surface area contributed by atoms with Gasteiger partial charge in [0, 0.05) is 42.2 Å². The molecule has 3 saturated heterocycles. The van der Waals surface area contributed by atoms with Crippen molar-refractivity contribution in [3.63, 3.8) is 0 Å². The second-order valence-corrected chi connectivity index (χ2v) is 12.4. The van der Waals surface area contributed by atoms with Crippen molar-refractivity contribution in [3.05, 3.63) is 11.1 Å². The summed E-state index contributed by atoms with van der Waals surface area (Å²) in [5.41, 5.74) is -1.54. The summed E-state index contributed by atoms with van der Waals surface area (Å²) in [6.45, 7) is 4.97. The van der Waals surface area contributed by atoms with Crippen LogP contribution < -0.4 is 0 Å². The standard InChI is InChI=1S/C28H38O12/c1-9-14(29)4-5-18(38-9)40-16-8-15-20-23(28(16,36)11(3)39-15)27(35)22-21(26(20)34)24(32)13-6-12(7-17(30)31)37-10(2)19(13)25(22)33/h9-12,14-16,18,20-23,26-27,29,34-36H,4-8H2,1-3H3,(H,30,31)/t9-,10-,11?,12+,14-,15?,16?,18-,20?,21?,22?,23?,26?,27?,28?/m0/s1. The number of hydrogen-bond donors (Lipinski definition) is 5. The molecule has 4 aliphatic heterocycles. The Labute approximate surface area is 231 Å². The van der Waals surface area contributed by atoms with E-state index in [9.17, 15) is 39.9 Å². The van der Waals surface area contributed by atoms with Crippen LogP contribution in [0.15, 0.2) is 11.1 Å². The van der Waals surface area contributed by atoms with Crippen LogP contribution in [0.5, 0.6) is 0 Å². The molecule has 40 heavy (non-hydrogen) atoms. The molecule has 7 aliphatic rings. The number of ketones is 2. The molecule has 12 nitrogen and oxygen atoms in total. The molecule has 5 fully saturated rings. The minimum Gasteiger partial charge on any atom is -0.481 e. The fraction of sp³-hybridized carbons (Fsp3) is 0.821. The Kier molecular flexibility index (Phi) is 7.02. The molecule has 3 aliphatic carbocycles. The second-order valence-electron chi connectivity index (χ2n) is 12.4. The van der Waals surface area contributed by atoms with Gasteiger partial charge in [-0.25, -0.2) is 0 Å². The number of fused-ring (bicyclic) bond motifs is 3. The first-order valence-electron chi connectivity index (χ1n) is 14.3. The molecule has 12 heteroatoms. The third-order valence-electron chi connectivity index (χ3n) is 10.3. The van der Waals surface area contributed by atoms with E-state index < -0.39 is 108 Å². The first-order valence-corrected chi connectivity index (χ1v) is 14.3. The van der Waals surface area contributed by atoms with Crippen LogP contribution in [-0.2, 0) is 33.3 Å².